The summed E-state index contributed by atoms with van der Waals surface area (Å²) in [5.74, 6) is 2.43. The third-order valence-electron chi connectivity index (χ3n) is 5.14. The van der Waals surface area contributed by atoms with Crippen LogP contribution in [0.3, 0.4) is 0 Å². The van der Waals surface area contributed by atoms with Gasteiger partial charge in [-0.2, -0.15) is 4.31 Å². The van der Waals surface area contributed by atoms with Crippen LogP contribution in [-0.4, -0.2) is 75.2 Å². The van der Waals surface area contributed by atoms with Crippen LogP contribution in [-0.2, 0) is 14.8 Å². The number of hydrogen-bond acceptors (Lipinski definition) is 7. The summed E-state index contributed by atoms with van der Waals surface area (Å²) in [6, 6.07) is 8.38. The second kappa shape index (κ2) is 8.43. The van der Waals surface area contributed by atoms with Crippen molar-refractivity contribution in [1.29, 1.82) is 0 Å². The lowest BCUT2D eigenvalue weighted by atomic mass is 10.3. The van der Waals surface area contributed by atoms with E-state index in [0.29, 0.717) is 50.2 Å². The Hall–Kier alpha value is -1.94. The highest BCUT2D eigenvalue weighted by Crippen LogP contribution is 2.24. The number of morpholine rings is 1. The zero-order valence-electron chi connectivity index (χ0n) is 16.3. The maximum atomic E-state index is 12.9. The first kappa shape index (κ1) is 20.3. The molecule has 0 unspecified atom stereocenters. The normalized spacial score (nSPS) is 18.8. The van der Waals surface area contributed by atoms with Gasteiger partial charge < -0.3 is 14.5 Å². The van der Waals surface area contributed by atoms with Gasteiger partial charge in [0.25, 0.3) is 0 Å². The van der Waals surface area contributed by atoms with E-state index in [1.807, 2.05) is 13.0 Å². The summed E-state index contributed by atoms with van der Waals surface area (Å²) in [5.41, 5.74) is 0. The van der Waals surface area contributed by atoms with Gasteiger partial charge in [-0.3, -0.25) is 0 Å². The van der Waals surface area contributed by atoms with Crippen LogP contribution in [0.5, 0.6) is 0 Å². The first-order valence-electron chi connectivity index (χ1n) is 9.62. The highest BCUT2D eigenvalue weighted by molar-refractivity contribution is 7.89. The standard InChI is InChI=1S/C19H24ClN5O3S/c1-15-21-18(14-19(22-15)24-9-11-28-12-10-24)23-5-7-25(8-6-23)29(26,27)17-4-2-3-16(20)13-17/h2-4,13-14H,5-12H2,1H3. The molecule has 10 heteroatoms. The van der Waals surface area contributed by atoms with E-state index in [4.69, 9.17) is 16.3 Å². The minimum absolute atomic E-state index is 0.228. The van der Waals surface area contributed by atoms with Gasteiger partial charge in [-0.15, -0.1) is 0 Å². The molecule has 4 rings (SSSR count). The molecule has 2 saturated heterocycles. The van der Waals surface area contributed by atoms with Crippen LogP contribution < -0.4 is 9.80 Å². The Morgan fingerprint density at radius 3 is 2.17 bits per heavy atom. The lowest BCUT2D eigenvalue weighted by Gasteiger charge is -2.35. The predicted molar refractivity (Wildman–Crippen MR) is 112 cm³/mol. The van der Waals surface area contributed by atoms with Crippen molar-refractivity contribution in [2.24, 2.45) is 0 Å². The van der Waals surface area contributed by atoms with Gasteiger partial charge in [-0.25, -0.2) is 18.4 Å². The number of ether oxygens (including phenoxy) is 1. The summed E-state index contributed by atoms with van der Waals surface area (Å²) >= 11 is 5.97. The highest BCUT2D eigenvalue weighted by Gasteiger charge is 2.29. The number of nitrogens with zero attached hydrogens (tertiary/aromatic N) is 5. The van der Waals surface area contributed by atoms with Crippen molar-refractivity contribution >= 4 is 33.3 Å². The van der Waals surface area contributed by atoms with E-state index in [9.17, 15) is 8.42 Å². The lowest BCUT2D eigenvalue weighted by Crippen LogP contribution is -2.49. The van der Waals surface area contributed by atoms with Crippen molar-refractivity contribution < 1.29 is 13.2 Å². The Balaban J connectivity index is 1.47. The average Bonchev–Trinajstić information content (AvgIpc) is 2.74. The van der Waals surface area contributed by atoms with Crippen LogP contribution in [0.2, 0.25) is 5.02 Å². The Kier molecular flexibility index (Phi) is 5.91. The number of benzene rings is 1. The molecule has 3 heterocycles. The van der Waals surface area contributed by atoms with Crippen molar-refractivity contribution in [2.45, 2.75) is 11.8 Å². The van der Waals surface area contributed by atoms with Crippen molar-refractivity contribution in [1.82, 2.24) is 14.3 Å². The number of hydrogen-bond donors (Lipinski definition) is 0. The Bertz CT molecular complexity index is 974. The molecule has 0 spiro atoms. The maximum absolute atomic E-state index is 12.9. The molecular formula is C19H24ClN5O3S. The molecule has 0 aliphatic carbocycles. The SMILES string of the molecule is Cc1nc(N2CCOCC2)cc(N2CCN(S(=O)(=O)c3cccc(Cl)c3)CC2)n1. The molecule has 0 bridgehead atoms. The van der Waals surface area contributed by atoms with Gasteiger partial charge in [0.1, 0.15) is 17.5 Å². The summed E-state index contributed by atoms with van der Waals surface area (Å²) < 4.78 is 32.7. The van der Waals surface area contributed by atoms with E-state index in [0.717, 1.165) is 24.7 Å². The second-order valence-electron chi connectivity index (χ2n) is 7.08. The first-order valence-corrected chi connectivity index (χ1v) is 11.4. The summed E-state index contributed by atoms with van der Waals surface area (Å²) in [6.07, 6.45) is 0. The van der Waals surface area contributed by atoms with Crippen LogP contribution >= 0.6 is 11.6 Å². The number of rotatable bonds is 4. The van der Waals surface area contributed by atoms with E-state index in [-0.39, 0.29) is 4.90 Å². The zero-order chi connectivity index (χ0) is 20.4. The van der Waals surface area contributed by atoms with Crippen LogP contribution in [0.25, 0.3) is 0 Å². The molecule has 29 heavy (non-hydrogen) atoms. The van der Waals surface area contributed by atoms with E-state index < -0.39 is 10.0 Å². The minimum atomic E-state index is -3.56. The van der Waals surface area contributed by atoms with Crippen molar-refractivity contribution in [3.8, 4) is 0 Å². The molecule has 1 aromatic carbocycles. The number of piperazine rings is 1. The topological polar surface area (TPSA) is 78.9 Å². The molecule has 8 nitrogen and oxygen atoms in total. The van der Waals surface area contributed by atoms with Gasteiger partial charge in [0.2, 0.25) is 10.0 Å². The monoisotopic (exact) mass is 437 g/mol. The fraction of sp³-hybridized carbons (Fsp3) is 0.474. The third-order valence-corrected chi connectivity index (χ3v) is 7.27. The molecule has 0 atom stereocenters. The molecule has 2 aliphatic rings. The second-order valence-corrected chi connectivity index (χ2v) is 9.45. The van der Waals surface area contributed by atoms with Gasteiger partial charge in [-0.05, 0) is 25.1 Å². The number of aryl methyl sites for hydroxylation is 1. The molecule has 0 radical (unpaired) electrons. The quantitative estimate of drug-likeness (QED) is 0.721. The highest BCUT2D eigenvalue weighted by atomic mass is 35.5. The van der Waals surface area contributed by atoms with Gasteiger partial charge in [0.05, 0.1) is 18.1 Å². The number of aromatic nitrogens is 2. The van der Waals surface area contributed by atoms with E-state index in [1.165, 1.54) is 10.4 Å². The Morgan fingerprint density at radius 1 is 0.931 bits per heavy atom. The van der Waals surface area contributed by atoms with E-state index >= 15 is 0 Å². The van der Waals surface area contributed by atoms with E-state index in [1.54, 1.807) is 18.2 Å². The van der Waals surface area contributed by atoms with Crippen molar-refractivity contribution in [3.05, 3.63) is 41.2 Å². The Morgan fingerprint density at radius 2 is 1.55 bits per heavy atom. The molecule has 2 aliphatic heterocycles. The minimum Gasteiger partial charge on any atom is -0.378 e. The Labute approximate surface area is 176 Å². The van der Waals surface area contributed by atoms with Gasteiger partial charge in [0, 0.05) is 50.4 Å². The lowest BCUT2D eigenvalue weighted by molar-refractivity contribution is 0.122. The molecule has 0 amide bonds. The number of anilines is 2. The van der Waals surface area contributed by atoms with Crippen molar-refractivity contribution in [3.63, 3.8) is 0 Å². The third kappa shape index (κ3) is 4.48. The molecule has 1 aromatic heterocycles. The van der Waals surface area contributed by atoms with E-state index in [2.05, 4.69) is 19.8 Å². The fourth-order valence-corrected chi connectivity index (χ4v) is 5.31. The van der Waals surface area contributed by atoms with Crippen LogP contribution in [0.1, 0.15) is 5.82 Å². The van der Waals surface area contributed by atoms with Crippen molar-refractivity contribution in [2.75, 3.05) is 62.3 Å². The fourth-order valence-electron chi connectivity index (χ4n) is 3.59. The molecule has 2 aromatic rings. The maximum Gasteiger partial charge on any atom is 0.243 e. The zero-order valence-corrected chi connectivity index (χ0v) is 17.9. The molecule has 0 N–H and O–H groups in total. The van der Waals surface area contributed by atoms with Crippen LogP contribution in [0.4, 0.5) is 11.6 Å². The number of sulfonamides is 1. The first-order chi connectivity index (χ1) is 13.9. The average molecular weight is 438 g/mol. The van der Waals surface area contributed by atoms with Gasteiger partial charge >= 0.3 is 0 Å². The van der Waals surface area contributed by atoms with Gasteiger partial charge in [-0.1, -0.05) is 17.7 Å². The predicted octanol–water partition coefficient (Wildman–Crippen LogP) is 1.79. The molecule has 0 saturated carbocycles. The smallest absolute Gasteiger partial charge is 0.243 e. The largest absolute Gasteiger partial charge is 0.378 e. The number of halogens is 1. The molecule has 156 valence electrons. The summed E-state index contributed by atoms with van der Waals surface area (Å²) in [7, 11) is -3.56. The summed E-state index contributed by atoms with van der Waals surface area (Å²) in [6.45, 7) is 6.81. The van der Waals surface area contributed by atoms with Crippen LogP contribution in [0.15, 0.2) is 35.2 Å². The van der Waals surface area contributed by atoms with Crippen LogP contribution in [0, 0.1) is 6.92 Å². The summed E-state index contributed by atoms with van der Waals surface area (Å²) in [5, 5.41) is 0.414. The summed E-state index contributed by atoms with van der Waals surface area (Å²) in [4.78, 5) is 13.7. The van der Waals surface area contributed by atoms with Gasteiger partial charge in [0.15, 0.2) is 0 Å². The molecule has 2 fully saturated rings. The molecular weight excluding hydrogens is 414 g/mol.